The molecule has 3 heteroatoms. The van der Waals surface area contributed by atoms with Crippen molar-refractivity contribution in [2.24, 2.45) is 17.6 Å². The van der Waals surface area contributed by atoms with Crippen LogP contribution in [0.3, 0.4) is 0 Å². The van der Waals surface area contributed by atoms with Crippen LogP contribution in [0.5, 0.6) is 0 Å². The van der Waals surface area contributed by atoms with Crippen LogP contribution in [0.15, 0.2) is 18.2 Å². The molecule has 1 aromatic carbocycles. The van der Waals surface area contributed by atoms with Gasteiger partial charge in [0.1, 0.15) is 5.82 Å². The Balaban J connectivity index is 2.45. The Morgan fingerprint density at radius 1 is 1.32 bits per heavy atom. The van der Waals surface area contributed by atoms with E-state index in [1.54, 1.807) is 6.07 Å². The van der Waals surface area contributed by atoms with Crippen molar-refractivity contribution in [3.63, 3.8) is 0 Å². The molecule has 0 radical (unpaired) electrons. The van der Waals surface area contributed by atoms with E-state index in [1.807, 2.05) is 13.0 Å². The summed E-state index contributed by atoms with van der Waals surface area (Å²) in [6.45, 7) is 9.50. The van der Waals surface area contributed by atoms with E-state index in [0.717, 1.165) is 12.1 Å². The fourth-order valence-corrected chi connectivity index (χ4v) is 3.21. The lowest BCUT2D eigenvalue weighted by atomic mass is 9.85. The Kier molecular flexibility index (Phi) is 4.14. The fraction of sp³-hybridized carbons (Fsp3) is 0.625. The van der Waals surface area contributed by atoms with Gasteiger partial charge in [0.05, 0.1) is 5.69 Å². The largest absolute Gasteiger partial charge is 0.366 e. The number of nitrogens with two attached hydrogens (primary N) is 1. The van der Waals surface area contributed by atoms with Gasteiger partial charge in [0.15, 0.2) is 0 Å². The second kappa shape index (κ2) is 5.49. The fourth-order valence-electron chi connectivity index (χ4n) is 3.21. The molecule has 19 heavy (non-hydrogen) atoms. The third kappa shape index (κ3) is 2.76. The van der Waals surface area contributed by atoms with E-state index in [2.05, 4.69) is 25.7 Å². The molecule has 1 aliphatic heterocycles. The lowest BCUT2D eigenvalue weighted by molar-refractivity contribution is 0.294. The summed E-state index contributed by atoms with van der Waals surface area (Å²) in [6, 6.07) is 5.44. The number of para-hydroxylation sites is 1. The Hall–Kier alpha value is -1.09. The quantitative estimate of drug-likeness (QED) is 0.882. The molecule has 1 heterocycles. The minimum atomic E-state index is -0.150. The molecule has 0 amide bonds. The molecule has 0 saturated carbocycles. The highest BCUT2D eigenvalue weighted by atomic mass is 19.1. The number of hydrogen-bond acceptors (Lipinski definition) is 2. The Bertz CT molecular complexity index is 444. The van der Waals surface area contributed by atoms with Crippen molar-refractivity contribution in [1.82, 2.24) is 0 Å². The molecule has 1 aliphatic rings. The molecule has 3 unspecified atom stereocenters. The van der Waals surface area contributed by atoms with Gasteiger partial charge in [-0.2, -0.15) is 0 Å². The van der Waals surface area contributed by atoms with E-state index in [1.165, 1.54) is 12.5 Å². The normalized spacial score (nSPS) is 29.4. The molecular weight excluding hydrogens is 239 g/mol. The standard InChI is InChI=1S/C16H25FN2/c1-10-8-11(2)13(4)19(9-10)16-14(12(3)18)6-5-7-15(16)17/h5-7,10-13H,8-9,18H2,1-4H3/t10?,11?,12-,13?/m0/s1. The first-order valence-electron chi connectivity index (χ1n) is 7.22. The van der Waals surface area contributed by atoms with Crippen LogP contribution >= 0.6 is 0 Å². The number of halogens is 1. The van der Waals surface area contributed by atoms with Gasteiger partial charge in [0.25, 0.3) is 0 Å². The zero-order chi connectivity index (χ0) is 14.2. The number of anilines is 1. The van der Waals surface area contributed by atoms with E-state index in [0.29, 0.717) is 23.6 Å². The lowest BCUT2D eigenvalue weighted by Crippen LogP contribution is -2.46. The number of benzene rings is 1. The van der Waals surface area contributed by atoms with Crippen LogP contribution in [0.4, 0.5) is 10.1 Å². The second-order valence-electron chi connectivity index (χ2n) is 6.18. The first-order chi connectivity index (χ1) is 8.91. The van der Waals surface area contributed by atoms with Crippen LogP contribution in [0.25, 0.3) is 0 Å². The zero-order valence-electron chi connectivity index (χ0n) is 12.4. The third-order valence-electron chi connectivity index (χ3n) is 4.39. The molecule has 0 bridgehead atoms. The maximum atomic E-state index is 14.3. The average molecular weight is 264 g/mol. The van der Waals surface area contributed by atoms with Gasteiger partial charge < -0.3 is 10.6 Å². The molecule has 2 N–H and O–H groups in total. The number of piperidine rings is 1. The highest BCUT2D eigenvalue weighted by Crippen LogP contribution is 2.36. The Morgan fingerprint density at radius 2 is 2.00 bits per heavy atom. The molecule has 0 aliphatic carbocycles. The summed E-state index contributed by atoms with van der Waals surface area (Å²) in [4.78, 5) is 2.22. The van der Waals surface area contributed by atoms with Crippen LogP contribution in [0, 0.1) is 17.7 Å². The molecule has 4 atom stereocenters. The van der Waals surface area contributed by atoms with E-state index >= 15 is 0 Å². The summed E-state index contributed by atoms with van der Waals surface area (Å²) in [5, 5.41) is 0. The van der Waals surface area contributed by atoms with Crippen LogP contribution in [0.2, 0.25) is 0 Å². The van der Waals surface area contributed by atoms with Gasteiger partial charge in [-0.25, -0.2) is 4.39 Å². The smallest absolute Gasteiger partial charge is 0.146 e. The van der Waals surface area contributed by atoms with Crippen molar-refractivity contribution >= 4 is 5.69 Å². The van der Waals surface area contributed by atoms with E-state index in [9.17, 15) is 4.39 Å². The Morgan fingerprint density at radius 3 is 2.63 bits per heavy atom. The minimum absolute atomic E-state index is 0.148. The summed E-state index contributed by atoms with van der Waals surface area (Å²) in [5.41, 5.74) is 7.63. The summed E-state index contributed by atoms with van der Waals surface area (Å²) in [5.74, 6) is 1.01. The van der Waals surface area contributed by atoms with Crippen molar-refractivity contribution in [2.45, 2.75) is 46.2 Å². The van der Waals surface area contributed by atoms with Gasteiger partial charge >= 0.3 is 0 Å². The summed E-state index contributed by atoms with van der Waals surface area (Å²) in [6.07, 6.45) is 1.21. The third-order valence-corrected chi connectivity index (χ3v) is 4.39. The summed E-state index contributed by atoms with van der Waals surface area (Å²) < 4.78 is 14.3. The van der Waals surface area contributed by atoms with Gasteiger partial charge in [-0.3, -0.25) is 0 Å². The van der Waals surface area contributed by atoms with Crippen molar-refractivity contribution in [1.29, 1.82) is 0 Å². The number of hydrogen-bond donors (Lipinski definition) is 1. The molecule has 0 spiro atoms. The number of nitrogens with zero attached hydrogens (tertiary/aromatic N) is 1. The zero-order valence-corrected chi connectivity index (χ0v) is 12.4. The molecule has 0 aromatic heterocycles. The second-order valence-corrected chi connectivity index (χ2v) is 6.18. The van der Waals surface area contributed by atoms with E-state index < -0.39 is 0 Å². The van der Waals surface area contributed by atoms with Crippen LogP contribution in [-0.2, 0) is 0 Å². The molecule has 1 fully saturated rings. The van der Waals surface area contributed by atoms with Crippen molar-refractivity contribution in [3.8, 4) is 0 Å². The first-order valence-corrected chi connectivity index (χ1v) is 7.22. The molecule has 2 nitrogen and oxygen atoms in total. The van der Waals surface area contributed by atoms with Crippen molar-refractivity contribution in [3.05, 3.63) is 29.6 Å². The van der Waals surface area contributed by atoms with Gasteiger partial charge in [-0.1, -0.05) is 26.0 Å². The summed E-state index contributed by atoms with van der Waals surface area (Å²) in [7, 11) is 0. The minimum Gasteiger partial charge on any atom is -0.366 e. The average Bonchev–Trinajstić information content (AvgIpc) is 2.33. The molecule has 106 valence electrons. The SMILES string of the molecule is CC1CC(C)C(C)N(c2c(F)cccc2[C@H](C)N)C1. The van der Waals surface area contributed by atoms with Crippen molar-refractivity contribution < 1.29 is 4.39 Å². The first kappa shape index (κ1) is 14.3. The highest BCUT2D eigenvalue weighted by molar-refractivity contribution is 5.57. The van der Waals surface area contributed by atoms with Crippen LogP contribution in [0.1, 0.15) is 45.7 Å². The number of rotatable bonds is 2. The lowest BCUT2D eigenvalue weighted by Gasteiger charge is -2.43. The van der Waals surface area contributed by atoms with Gasteiger partial charge in [-0.15, -0.1) is 0 Å². The van der Waals surface area contributed by atoms with Crippen molar-refractivity contribution in [2.75, 3.05) is 11.4 Å². The summed E-state index contributed by atoms with van der Waals surface area (Å²) >= 11 is 0. The maximum Gasteiger partial charge on any atom is 0.146 e. The van der Waals surface area contributed by atoms with Crippen LogP contribution < -0.4 is 10.6 Å². The topological polar surface area (TPSA) is 29.3 Å². The predicted molar refractivity (Wildman–Crippen MR) is 78.8 cm³/mol. The molecular formula is C16H25FN2. The van der Waals surface area contributed by atoms with E-state index in [-0.39, 0.29) is 11.9 Å². The Labute approximate surface area is 115 Å². The van der Waals surface area contributed by atoms with Gasteiger partial charge in [0.2, 0.25) is 0 Å². The van der Waals surface area contributed by atoms with Gasteiger partial charge in [0, 0.05) is 18.6 Å². The van der Waals surface area contributed by atoms with Gasteiger partial charge in [-0.05, 0) is 43.7 Å². The maximum absolute atomic E-state index is 14.3. The molecule has 1 saturated heterocycles. The van der Waals surface area contributed by atoms with E-state index in [4.69, 9.17) is 5.73 Å². The van der Waals surface area contributed by atoms with Crippen LogP contribution in [-0.4, -0.2) is 12.6 Å². The highest BCUT2D eigenvalue weighted by Gasteiger charge is 2.31. The predicted octanol–water partition coefficient (Wildman–Crippen LogP) is 3.72. The monoisotopic (exact) mass is 264 g/mol. The molecule has 2 rings (SSSR count). The molecule has 1 aromatic rings.